The predicted octanol–water partition coefficient (Wildman–Crippen LogP) is 4.39. The Kier molecular flexibility index (Phi) is 9.76. The van der Waals surface area contributed by atoms with Crippen LogP contribution in [-0.2, 0) is 10.2 Å². The largest absolute Gasteiger partial charge is 0.451 e. The van der Waals surface area contributed by atoms with Gasteiger partial charge in [-0.3, -0.25) is 4.79 Å². The van der Waals surface area contributed by atoms with Crippen molar-refractivity contribution in [3.05, 3.63) is 42.4 Å². The summed E-state index contributed by atoms with van der Waals surface area (Å²) in [5.74, 6) is -0.708. The number of alkyl halides is 2. The number of anilines is 1. The molecule has 4 fully saturated rings. The Morgan fingerprint density at radius 1 is 1.06 bits per heavy atom. The summed E-state index contributed by atoms with van der Waals surface area (Å²) in [6.45, 7) is 9.96. The highest BCUT2D eigenvalue weighted by Gasteiger charge is 2.50. The monoisotopic (exact) mass is 675 g/mol. The van der Waals surface area contributed by atoms with Crippen molar-refractivity contribution in [3.8, 4) is 11.5 Å². The Labute approximate surface area is 276 Å². The van der Waals surface area contributed by atoms with Crippen molar-refractivity contribution in [2.45, 2.75) is 77.3 Å². The molecule has 1 aromatic carbocycles. The molecule has 258 valence electrons. The van der Waals surface area contributed by atoms with E-state index in [0.29, 0.717) is 29.5 Å². The van der Waals surface area contributed by atoms with Gasteiger partial charge in [0, 0.05) is 43.7 Å². The lowest BCUT2D eigenvalue weighted by molar-refractivity contribution is -0.0951. The van der Waals surface area contributed by atoms with Crippen molar-refractivity contribution in [2.75, 3.05) is 57.3 Å². The molecule has 1 saturated carbocycles. The highest BCUT2D eigenvalue weighted by atomic mass is 32.2. The van der Waals surface area contributed by atoms with Crippen LogP contribution in [0.15, 0.2) is 36.8 Å². The van der Waals surface area contributed by atoms with Gasteiger partial charge >= 0.3 is 0 Å². The summed E-state index contributed by atoms with van der Waals surface area (Å²) in [6, 6.07) is 7.20. The second-order valence-corrected chi connectivity index (χ2v) is 15.8. The van der Waals surface area contributed by atoms with E-state index in [1.54, 1.807) is 12.3 Å². The van der Waals surface area contributed by atoms with Gasteiger partial charge in [0.15, 0.2) is 11.6 Å². The zero-order valence-electron chi connectivity index (χ0n) is 27.6. The van der Waals surface area contributed by atoms with Crippen LogP contribution in [0, 0.1) is 11.3 Å². The maximum Gasteiger partial charge on any atom is 0.280 e. The fourth-order valence-electron chi connectivity index (χ4n) is 7.56. The van der Waals surface area contributed by atoms with Gasteiger partial charge in [-0.05, 0) is 90.4 Å². The van der Waals surface area contributed by atoms with Gasteiger partial charge in [-0.25, -0.2) is 18.7 Å². The van der Waals surface area contributed by atoms with Crippen molar-refractivity contribution < 1.29 is 26.7 Å². The molecule has 1 amide bonds. The topological polar surface area (TPSA) is 111 Å². The number of nitrogens with zero attached hydrogens (tertiary/aromatic N) is 6. The summed E-state index contributed by atoms with van der Waals surface area (Å²) < 4.78 is 60.9. The first-order chi connectivity index (χ1) is 22.4. The molecule has 11 nitrogen and oxygen atoms in total. The minimum Gasteiger partial charge on any atom is -0.451 e. The normalized spacial score (nSPS) is 24.5. The standard InChI is InChI=1S/C33H47F2N7O4S/c1-4-42(24(2)3)31(43)27-7-5-6-8-28(27)46-29-17-36-23-37-30(29)40-19-32(20-40)13-15-39(16-14-32)18-25-9-11-26(12-10-25)38-47(44,45)41-21-33(34,35)22-41/h5-8,17,23-26,38H,4,9-16,18-22H2,1-3H3. The van der Waals surface area contributed by atoms with Crippen LogP contribution < -0.4 is 14.4 Å². The summed E-state index contributed by atoms with van der Waals surface area (Å²) in [5.41, 5.74) is 0.744. The summed E-state index contributed by atoms with van der Waals surface area (Å²) in [4.78, 5) is 28.7. The number of amides is 1. The average Bonchev–Trinajstić information content (AvgIpc) is 3.01. The van der Waals surface area contributed by atoms with E-state index >= 15 is 0 Å². The van der Waals surface area contributed by atoms with Gasteiger partial charge in [-0.1, -0.05) is 12.1 Å². The summed E-state index contributed by atoms with van der Waals surface area (Å²) in [7, 11) is -3.85. The maximum atomic E-state index is 13.3. The van der Waals surface area contributed by atoms with E-state index in [-0.39, 0.29) is 23.4 Å². The molecular formula is C33H47F2N7O4S. The zero-order chi connectivity index (χ0) is 33.4. The number of hydrogen-bond donors (Lipinski definition) is 1. The summed E-state index contributed by atoms with van der Waals surface area (Å²) >= 11 is 0. The molecule has 0 unspecified atom stereocenters. The van der Waals surface area contributed by atoms with Gasteiger partial charge < -0.3 is 19.4 Å². The Morgan fingerprint density at radius 2 is 1.74 bits per heavy atom. The Hall–Kier alpha value is -2.94. The third-order valence-corrected chi connectivity index (χ3v) is 11.9. The molecule has 0 radical (unpaired) electrons. The number of para-hydroxylation sites is 1. The molecule has 0 atom stereocenters. The fourth-order valence-corrected chi connectivity index (χ4v) is 9.08. The number of halogens is 2. The Balaban J connectivity index is 0.978. The summed E-state index contributed by atoms with van der Waals surface area (Å²) in [6.07, 6.45) is 8.72. The van der Waals surface area contributed by atoms with E-state index in [0.717, 1.165) is 81.4 Å². The van der Waals surface area contributed by atoms with Crippen LogP contribution in [0.5, 0.6) is 11.5 Å². The van der Waals surface area contributed by atoms with E-state index in [2.05, 4.69) is 24.5 Å². The van der Waals surface area contributed by atoms with Crippen molar-refractivity contribution in [3.63, 3.8) is 0 Å². The van der Waals surface area contributed by atoms with Gasteiger partial charge in [0.25, 0.3) is 22.0 Å². The number of piperidine rings is 1. The van der Waals surface area contributed by atoms with E-state index in [4.69, 9.17) is 4.74 Å². The quantitative estimate of drug-likeness (QED) is 0.374. The number of likely N-dealkylation sites (tertiary alicyclic amines) is 1. The van der Waals surface area contributed by atoms with Crippen LogP contribution >= 0.6 is 0 Å². The molecular weight excluding hydrogens is 628 g/mol. The van der Waals surface area contributed by atoms with E-state index in [1.165, 1.54) is 6.33 Å². The molecule has 1 N–H and O–H groups in total. The van der Waals surface area contributed by atoms with Crippen LogP contribution in [0.3, 0.4) is 0 Å². The summed E-state index contributed by atoms with van der Waals surface area (Å²) in [5, 5.41) is 0. The van der Waals surface area contributed by atoms with Crippen molar-refractivity contribution in [1.29, 1.82) is 0 Å². The third-order valence-electron chi connectivity index (χ3n) is 10.3. The van der Waals surface area contributed by atoms with E-state index in [1.807, 2.05) is 43.9 Å². The van der Waals surface area contributed by atoms with Crippen molar-refractivity contribution in [2.24, 2.45) is 11.3 Å². The minimum atomic E-state index is -3.85. The average molecular weight is 676 g/mol. The Morgan fingerprint density at radius 3 is 2.38 bits per heavy atom. The maximum absolute atomic E-state index is 13.3. The molecule has 0 bridgehead atoms. The molecule has 4 heterocycles. The highest BCUT2D eigenvalue weighted by molar-refractivity contribution is 7.87. The number of ether oxygens (including phenoxy) is 1. The molecule has 1 aliphatic carbocycles. The number of carbonyl (C=O) groups excluding carboxylic acids is 1. The fraction of sp³-hybridized carbons (Fsp3) is 0.667. The SMILES string of the molecule is CCN(C(=O)c1ccccc1Oc1cncnc1N1CC2(CCN(CC3CCC(NS(=O)(=O)N4CC(F)(F)C4)CC3)CC2)C1)C(C)C. The number of nitrogens with one attached hydrogen (secondary N) is 1. The number of aromatic nitrogens is 2. The van der Waals surface area contributed by atoms with Crippen molar-refractivity contribution >= 4 is 21.9 Å². The lowest BCUT2D eigenvalue weighted by atomic mass is 9.71. The van der Waals surface area contributed by atoms with Crippen LogP contribution in [0.25, 0.3) is 0 Å². The first-order valence-electron chi connectivity index (χ1n) is 16.9. The third kappa shape index (κ3) is 7.55. The van der Waals surface area contributed by atoms with Crippen molar-refractivity contribution in [1.82, 2.24) is 28.8 Å². The molecule has 1 aromatic heterocycles. The first-order valence-corrected chi connectivity index (χ1v) is 18.3. The molecule has 14 heteroatoms. The smallest absolute Gasteiger partial charge is 0.280 e. The lowest BCUT2D eigenvalue weighted by Crippen LogP contribution is -2.62. The minimum absolute atomic E-state index is 0.0688. The van der Waals surface area contributed by atoms with Gasteiger partial charge in [-0.15, -0.1) is 0 Å². The van der Waals surface area contributed by atoms with Crippen LogP contribution in [-0.4, -0.2) is 109 Å². The van der Waals surface area contributed by atoms with Gasteiger partial charge in [0.2, 0.25) is 0 Å². The molecule has 4 aliphatic rings. The molecule has 3 aliphatic heterocycles. The second kappa shape index (κ2) is 13.5. The van der Waals surface area contributed by atoms with Gasteiger partial charge in [0.05, 0.1) is 24.8 Å². The zero-order valence-corrected chi connectivity index (χ0v) is 28.4. The molecule has 6 rings (SSSR count). The molecule has 1 spiro atoms. The lowest BCUT2D eigenvalue weighted by Gasteiger charge is -2.54. The predicted molar refractivity (Wildman–Crippen MR) is 175 cm³/mol. The number of benzene rings is 1. The van der Waals surface area contributed by atoms with E-state index < -0.39 is 29.2 Å². The first kappa shape index (κ1) is 33.9. The van der Waals surface area contributed by atoms with Crippen LogP contribution in [0.1, 0.15) is 69.7 Å². The van der Waals surface area contributed by atoms with Crippen LogP contribution in [0.2, 0.25) is 0 Å². The molecule has 2 aromatic rings. The van der Waals surface area contributed by atoms with Gasteiger partial charge in [-0.2, -0.15) is 17.4 Å². The highest BCUT2D eigenvalue weighted by Crippen LogP contribution is 2.45. The molecule has 3 saturated heterocycles. The number of rotatable bonds is 11. The Bertz CT molecular complexity index is 1510. The number of carbonyl (C=O) groups is 1. The van der Waals surface area contributed by atoms with Gasteiger partial charge in [0.1, 0.15) is 12.1 Å². The molecule has 47 heavy (non-hydrogen) atoms. The van der Waals surface area contributed by atoms with E-state index in [9.17, 15) is 22.0 Å². The van der Waals surface area contributed by atoms with Crippen LogP contribution in [0.4, 0.5) is 14.6 Å². The second-order valence-electron chi connectivity index (χ2n) is 14.1. The number of hydrogen-bond acceptors (Lipinski definition) is 8.